The van der Waals surface area contributed by atoms with Gasteiger partial charge in [-0.1, -0.05) is 6.92 Å². The van der Waals surface area contributed by atoms with Gasteiger partial charge in [0, 0.05) is 26.2 Å². The predicted molar refractivity (Wildman–Crippen MR) is 88.0 cm³/mol. The zero-order valence-corrected chi connectivity index (χ0v) is 14.9. The van der Waals surface area contributed by atoms with Crippen LogP contribution in [0.2, 0.25) is 0 Å². The Kier molecular flexibility index (Phi) is 6.64. The molecule has 2 heterocycles. The molecule has 0 amide bonds. The number of piperidine rings is 1. The maximum atomic E-state index is 12.3. The number of ether oxygens (including phenoxy) is 1. The quantitative estimate of drug-likeness (QED) is 0.738. The van der Waals surface area contributed by atoms with E-state index in [1.54, 1.807) is 0 Å². The Labute approximate surface area is 135 Å². The molecule has 0 aromatic heterocycles. The normalized spacial score (nSPS) is 32.2. The van der Waals surface area contributed by atoms with E-state index in [1.807, 2.05) is 13.8 Å². The smallest absolute Gasteiger partial charge is 0.279 e. The molecule has 22 heavy (non-hydrogen) atoms. The Balaban J connectivity index is 1.71. The van der Waals surface area contributed by atoms with E-state index in [4.69, 9.17) is 4.74 Å². The van der Waals surface area contributed by atoms with Crippen LogP contribution in [0, 0.1) is 5.92 Å². The van der Waals surface area contributed by atoms with Crippen LogP contribution in [0.15, 0.2) is 0 Å². The average molecular weight is 333 g/mol. The maximum absolute atomic E-state index is 12.3. The minimum absolute atomic E-state index is 0.0461. The lowest BCUT2D eigenvalue weighted by atomic mass is 10.0. The van der Waals surface area contributed by atoms with E-state index in [1.165, 1.54) is 17.1 Å². The van der Waals surface area contributed by atoms with Crippen molar-refractivity contribution in [2.24, 2.45) is 5.92 Å². The highest BCUT2D eigenvalue weighted by atomic mass is 32.2. The van der Waals surface area contributed by atoms with Crippen LogP contribution in [0.1, 0.15) is 40.0 Å². The van der Waals surface area contributed by atoms with Crippen molar-refractivity contribution >= 4 is 10.2 Å². The first-order valence-corrected chi connectivity index (χ1v) is 9.93. The number of rotatable bonds is 6. The third-order valence-corrected chi connectivity index (χ3v) is 5.95. The number of hydrogen-bond donors (Lipinski definition) is 1. The van der Waals surface area contributed by atoms with Crippen molar-refractivity contribution in [1.82, 2.24) is 13.9 Å². The Hall–Kier alpha value is -0.210. The van der Waals surface area contributed by atoms with Crippen molar-refractivity contribution < 1.29 is 13.2 Å². The average Bonchev–Trinajstić information content (AvgIpc) is 2.43. The second-order valence-corrected chi connectivity index (χ2v) is 8.63. The van der Waals surface area contributed by atoms with Gasteiger partial charge in [-0.2, -0.15) is 12.7 Å². The first-order chi connectivity index (χ1) is 10.4. The van der Waals surface area contributed by atoms with Crippen LogP contribution in [-0.2, 0) is 14.9 Å². The molecule has 2 aliphatic rings. The third kappa shape index (κ3) is 5.45. The van der Waals surface area contributed by atoms with Crippen LogP contribution < -0.4 is 4.72 Å². The van der Waals surface area contributed by atoms with Gasteiger partial charge in [-0.05, 0) is 52.1 Å². The molecule has 2 aliphatic heterocycles. The molecule has 0 radical (unpaired) electrons. The fraction of sp³-hybridized carbons (Fsp3) is 1.00. The summed E-state index contributed by atoms with van der Waals surface area (Å²) in [6.07, 6.45) is 3.35. The van der Waals surface area contributed by atoms with E-state index < -0.39 is 10.2 Å². The van der Waals surface area contributed by atoms with Crippen LogP contribution in [0.4, 0.5) is 0 Å². The summed E-state index contributed by atoms with van der Waals surface area (Å²) in [6.45, 7) is 10.8. The monoisotopic (exact) mass is 333 g/mol. The Morgan fingerprint density at radius 2 is 1.82 bits per heavy atom. The van der Waals surface area contributed by atoms with Gasteiger partial charge in [-0.25, -0.2) is 4.72 Å². The highest BCUT2D eigenvalue weighted by Crippen LogP contribution is 2.16. The summed E-state index contributed by atoms with van der Waals surface area (Å²) >= 11 is 0. The van der Waals surface area contributed by atoms with Gasteiger partial charge in [-0.15, -0.1) is 0 Å². The molecule has 2 fully saturated rings. The molecule has 1 N–H and O–H groups in total. The zero-order chi connectivity index (χ0) is 16.2. The van der Waals surface area contributed by atoms with E-state index in [-0.39, 0.29) is 12.2 Å². The fourth-order valence-electron chi connectivity index (χ4n) is 3.41. The zero-order valence-electron chi connectivity index (χ0n) is 14.1. The second-order valence-electron chi connectivity index (χ2n) is 6.88. The van der Waals surface area contributed by atoms with Gasteiger partial charge in [0.25, 0.3) is 10.2 Å². The summed E-state index contributed by atoms with van der Waals surface area (Å²) in [6, 6.07) is 0. The van der Waals surface area contributed by atoms with Crippen LogP contribution in [-0.4, -0.2) is 69.1 Å². The summed E-state index contributed by atoms with van der Waals surface area (Å²) in [4.78, 5) is 2.45. The highest BCUT2D eigenvalue weighted by molar-refractivity contribution is 7.87. The summed E-state index contributed by atoms with van der Waals surface area (Å²) in [5.41, 5.74) is 0. The SMILES string of the molecule is CC1CCCN(CCCNS(=O)(=O)N2CC(C)OC(C)C2)C1. The van der Waals surface area contributed by atoms with Crippen molar-refractivity contribution in [3.8, 4) is 0 Å². The second kappa shape index (κ2) is 8.06. The van der Waals surface area contributed by atoms with Gasteiger partial charge in [0.15, 0.2) is 0 Å². The summed E-state index contributed by atoms with van der Waals surface area (Å²) in [5, 5.41) is 0. The highest BCUT2D eigenvalue weighted by Gasteiger charge is 2.30. The molecular weight excluding hydrogens is 302 g/mol. The molecule has 0 spiro atoms. The van der Waals surface area contributed by atoms with E-state index in [2.05, 4.69) is 16.5 Å². The Bertz CT molecular complexity index is 433. The fourth-order valence-corrected chi connectivity index (χ4v) is 4.81. The van der Waals surface area contributed by atoms with Crippen LogP contribution in [0.25, 0.3) is 0 Å². The van der Waals surface area contributed by atoms with E-state index in [0.29, 0.717) is 19.6 Å². The van der Waals surface area contributed by atoms with Crippen LogP contribution >= 0.6 is 0 Å². The van der Waals surface area contributed by atoms with Gasteiger partial charge in [0.05, 0.1) is 12.2 Å². The number of nitrogens with one attached hydrogen (secondary N) is 1. The first-order valence-electron chi connectivity index (χ1n) is 8.49. The van der Waals surface area contributed by atoms with E-state index >= 15 is 0 Å². The molecular formula is C15H31N3O3S. The van der Waals surface area contributed by atoms with E-state index in [0.717, 1.165) is 32.0 Å². The van der Waals surface area contributed by atoms with Crippen LogP contribution in [0.3, 0.4) is 0 Å². The van der Waals surface area contributed by atoms with Crippen molar-refractivity contribution in [3.63, 3.8) is 0 Å². The first kappa shape index (κ1) is 18.1. The van der Waals surface area contributed by atoms with Crippen molar-refractivity contribution in [1.29, 1.82) is 0 Å². The van der Waals surface area contributed by atoms with Crippen LogP contribution in [0.5, 0.6) is 0 Å². The molecule has 2 saturated heterocycles. The largest absolute Gasteiger partial charge is 0.373 e. The number of nitrogens with zero attached hydrogens (tertiary/aromatic N) is 2. The number of likely N-dealkylation sites (tertiary alicyclic amines) is 1. The molecule has 0 saturated carbocycles. The topological polar surface area (TPSA) is 61.9 Å². The molecule has 0 bridgehead atoms. The van der Waals surface area contributed by atoms with Gasteiger partial charge >= 0.3 is 0 Å². The van der Waals surface area contributed by atoms with Gasteiger partial charge in [0.2, 0.25) is 0 Å². The van der Waals surface area contributed by atoms with E-state index in [9.17, 15) is 8.42 Å². The van der Waals surface area contributed by atoms with Crippen molar-refractivity contribution in [2.45, 2.75) is 52.2 Å². The molecule has 3 unspecified atom stereocenters. The number of morpholine rings is 1. The molecule has 0 aromatic rings. The van der Waals surface area contributed by atoms with Crippen molar-refractivity contribution in [2.75, 3.05) is 39.3 Å². The predicted octanol–water partition coefficient (Wildman–Crippen LogP) is 1.05. The molecule has 0 aliphatic carbocycles. The van der Waals surface area contributed by atoms with Gasteiger partial charge < -0.3 is 9.64 Å². The lowest BCUT2D eigenvalue weighted by Gasteiger charge is -2.34. The molecule has 6 nitrogen and oxygen atoms in total. The molecule has 7 heteroatoms. The third-order valence-electron chi connectivity index (χ3n) is 4.40. The summed E-state index contributed by atoms with van der Waals surface area (Å²) in [7, 11) is -3.38. The molecule has 130 valence electrons. The van der Waals surface area contributed by atoms with Crippen molar-refractivity contribution in [3.05, 3.63) is 0 Å². The minimum Gasteiger partial charge on any atom is -0.373 e. The molecule has 0 aromatic carbocycles. The Morgan fingerprint density at radius 3 is 2.45 bits per heavy atom. The lowest BCUT2D eigenvalue weighted by Crippen LogP contribution is -2.52. The maximum Gasteiger partial charge on any atom is 0.279 e. The standard InChI is InChI=1S/C15H31N3O3S/c1-13-6-4-8-17(10-13)9-5-7-16-22(19,20)18-11-14(2)21-15(3)12-18/h13-16H,4-12H2,1-3H3. The molecule has 2 rings (SSSR count). The number of hydrogen-bond acceptors (Lipinski definition) is 4. The van der Waals surface area contributed by atoms with Gasteiger partial charge in [0.1, 0.15) is 0 Å². The Morgan fingerprint density at radius 1 is 1.14 bits per heavy atom. The minimum atomic E-state index is -3.38. The van der Waals surface area contributed by atoms with Gasteiger partial charge in [-0.3, -0.25) is 0 Å². The summed E-state index contributed by atoms with van der Waals surface area (Å²) < 4.78 is 34.5. The lowest BCUT2D eigenvalue weighted by molar-refractivity contribution is -0.0443. The molecule has 3 atom stereocenters. The summed E-state index contributed by atoms with van der Waals surface area (Å²) in [5.74, 6) is 0.766.